The Labute approximate surface area is 81.1 Å². The van der Waals surface area contributed by atoms with Crippen molar-refractivity contribution in [1.82, 2.24) is 10.2 Å². The highest BCUT2D eigenvalue weighted by Gasteiger charge is 2.18. The smallest absolute Gasteiger partial charge is 0.0558 e. The molecule has 0 saturated carbocycles. The molecule has 2 N–H and O–H groups in total. The van der Waals surface area contributed by atoms with Gasteiger partial charge in [-0.05, 0) is 25.9 Å². The molecule has 0 spiro atoms. The van der Waals surface area contributed by atoms with Crippen LogP contribution in [-0.2, 0) is 0 Å². The topological polar surface area (TPSA) is 35.5 Å². The first kappa shape index (κ1) is 11.0. The van der Waals surface area contributed by atoms with Crippen molar-refractivity contribution in [2.24, 2.45) is 0 Å². The summed E-state index contributed by atoms with van der Waals surface area (Å²) in [5, 5.41) is 12.3. The molecular formula is C10H22N2O. The van der Waals surface area contributed by atoms with Crippen LogP contribution < -0.4 is 5.32 Å². The fourth-order valence-electron chi connectivity index (χ4n) is 1.94. The molecule has 78 valence electrons. The Kier molecular flexibility index (Phi) is 4.70. The van der Waals surface area contributed by atoms with Gasteiger partial charge in [0.2, 0.25) is 0 Å². The fourth-order valence-corrected chi connectivity index (χ4v) is 1.94. The van der Waals surface area contributed by atoms with Gasteiger partial charge in [-0.15, -0.1) is 0 Å². The highest BCUT2D eigenvalue weighted by Crippen LogP contribution is 2.10. The summed E-state index contributed by atoms with van der Waals surface area (Å²) < 4.78 is 0. The summed E-state index contributed by atoms with van der Waals surface area (Å²) in [4.78, 5) is 2.33. The second-order valence-corrected chi connectivity index (χ2v) is 4.16. The number of nitrogens with zero attached hydrogens (tertiary/aromatic N) is 1. The minimum atomic E-state index is 0.294. The molecule has 0 aromatic carbocycles. The fraction of sp³-hybridized carbons (Fsp3) is 1.00. The Morgan fingerprint density at radius 1 is 1.38 bits per heavy atom. The van der Waals surface area contributed by atoms with Crippen molar-refractivity contribution in [2.45, 2.75) is 38.8 Å². The van der Waals surface area contributed by atoms with E-state index in [2.05, 4.69) is 24.1 Å². The van der Waals surface area contributed by atoms with Crippen molar-refractivity contribution in [3.63, 3.8) is 0 Å². The van der Waals surface area contributed by atoms with Crippen LogP contribution in [0.1, 0.15) is 26.7 Å². The van der Waals surface area contributed by atoms with Gasteiger partial charge in [0.05, 0.1) is 6.61 Å². The highest BCUT2D eigenvalue weighted by molar-refractivity contribution is 4.77. The van der Waals surface area contributed by atoms with E-state index in [-0.39, 0.29) is 0 Å². The lowest BCUT2D eigenvalue weighted by Gasteiger charge is -2.32. The number of rotatable bonds is 4. The summed E-state index contributed by atoms with van der Waals surface area (Å²) in [6.45, 7) is 7.78. The van der Waals surface area contributed by atoms with Gasteiger partial charge < -0.3 is 15.3 Å². The molecule has 0 aromatic heterocycles. The molecular weight excluding hydrogens is 164 g/mol. The molecule has 1 rings (SSSR count). The lowest BCUT2D eigenvalue weighted by atomic mass is 10.0. The van der Waals surface area contributed by atoms with E-state index in [4.69, 9.17) is 5.11 Å². The number of hydrogen-bond acceptors (Lipinski definition) is 3. The van der Waals surface area contributed by atoms with Crippen molar-refractivity contribution in [2.75, 3.05) is 26.2 Å². The molecule has 1 aliphatic heterocycles. The summed E-state index contributed by atoms with van der Waals surface area (Å²) in [5.74, 6) is 0. The Bertz CT molecular complexity index is 131. The second-order valence-electron chi connectivity index (χ2n) is 4.16. The van der Waals surface area contributed by atoms with Gasteiger partial charge in [0.15, 0.2) is 0 Å². The lowest BCUT2D eigenvalue weighted by molar-refractivity contribution is 0.154. The third kappa shape index (κ3) is 4.07. The van der Waals surface area contributed by atoms with Gasteiger partial charge >= 0.3 is 0 Å². The maximum Gasteiger partial charge on any atom is 0.0558 e. The van der Waals surface area contributed by atoms with Crippen molar-refractivity contribution in [3.8, 4) is 0 Å². The van der Waals surface area contributed by atoms with Gasteiger partial charge in [-0.25, -0.2) is 0 Å². The predicted molar refractivity (Wildman–Crippen MR) is 54.8 cm³/mol. The summed E-state index contributed by atoms with van der Waals surface area (Å²) in [5.41, 5.74) is 0. The Hall–Kier alpha value is -0.120. The van der Waals surface area contributed by atoms with E-state index in [1.807, 2.05) is 0 Å². The Balaban J connectivity index is 2.15. The first-order valence-electron chi connectivity index (χ1n) is 5.31. The van der Waals surface area contributed by atoms with E-state index in [1.54, 1.807) is 0 Å². The predicted octanol–water partition coefficient (Wildman–Crippen LogP) is 0.441. The number of likely N-dealkylation sites (tertiary alicyclic amines) is 1. The molecule has 0 bridgehead atoms. The standard InChI is InChI=1S/C10H22N2O/c1-9(2)11-10-3-5-12(6-4-10)7-8-13/h9-11,13H,3-8H2,1-2H3. The molecule has 1 heterocycles. The van der Waals surface area contributed by atoms with E-state index in [0.29, 0.717) is 18.7 Å². The number of nitrogens with one attached hydrogen (secondary N) is 1. The zero-order valence-electron chi connectivity index (χ0n) is 8.79. The first-order chi connectivity index (χ1) is 6.22. The van der Waals surface area contributed by atoms with Gasteiger partial charge in [0.25, 0.3) is 0 Å². The average molecular weight is 186 g/mol. The van der Waals surface area contributed by atoms with Gasteiger partial charge in [0, 0.05) is 18.6 Å². The van der Waals surface area contributed by atoms with E-state index in [9.17, 15) is 0 Å². The van der Waals surface area contributed by atoms with E-state index in [1.165, 1.54) is 12.8 Å². The van der Waals surface area contributed by atoms with Gasteiger partial charge in [-0.3, -0.25) is 0 Å². The van der Waals surface area contributed by atoms with Gasteiger partial charge in [-0.1, -0.05) is 13.8 Å². The van der Waals surface area contributed by atoms with Crippen LogP contribution in [0, 0.1) is 0 Å². The molecule has 1 aliphatic rings. The molecule has 0 aromatic rings. The number of hydrogen-bond donors (Lipinski definition) is 2. The molecule has 0 atom stereocenters. The summed E-state index contributed by atoms with van der Waals surface area (Å²) in [6.07, 6.45) is 2.44. The largest absolute Gasteiger partial charge is 0.395 e. The van der Waals surface area contributed by atoms with E-state index < -0.39 is 0 Å². The quantitative estimate of drug-likeness (QED) is 0.669. The van der Waals surface area contributed by atoms with Crippen LogP contribution in [0.5, 0.6) is 0 Å². The van der Waals surface area contributed by atoms with Crippen LogP contribution in [-0.4, -0.2) is 48.3 Å². The van der Waals surface area contributed by atoms with E-state index in [0.717, 1.165) is 19.6 Å². The summed E-state index contributed by atoms with van der Waals surface area (Å²) >= 11 is 0. The third-order valence-corrected chi connectivity index (χ3v) is 2.57. The third-order valence-electron chi connectivity index (χ3n) is 2.57. The average Bonchev–Trinajstić information content (AvgIpc) is 2.08. The zero-order chi connectivity index (χ0) is 9.68. The van der Waals surface area contributed by atoms with Crippen LogP contribution in [0.25, 0.3) is 0 Å². The van der Waals surface area contributed by atoms with Crippen molar-refractivity contribution in [3.05, 3.63) is 0 Å². The van der Waals surface area contributed by atoms with Gasteiger partial charge in [0.1, 0.15) is 0 Å². The van der Waals surface area contributed by atoms with Crippen molar-refractivity contribution in [1.29, 1.82) is 0 Å². The first-order valence-corrected chi connectivity index (χ1v) is 5.31. The monoisotopic (exact) mass is 186 g/mol. The summed E-state index contributed by atoms with van der Waals surface area (Å²) in [7, 11) is 0. The Morgan fingerprint density at radius 3 is 2.46 bits per heavy atom. The molecule has 1 fully saturated rings. The normalized spacial score (nSPS) is 21.2. The number of piperidine rings is 1. The lowest BCUT2D eigenvalue weighted by Crippen LogP contribution is -2.45. The SMILES string of the molecule is CC(C)NC1CCN(CCO)CC1. The van der Waals surface area contributed by atoms with Crippen molar-refractivity contribution < 1.29 is 5.11 Å². The van der Waals surface area contributed by atoms with Gasteiger partial charge in [-0.2, -0.15) is 0 Å². The minimum absolute atomic E-state index is 0.294. The number of aliphatic hydroxyl groups is 1. The molecule has 3 nitrogen and oxygen atoms in total. The van der Waals surface area contributed by atoms with E-state index >= 15 is 0 Å². The molecule has 0 unspecified atom stereocenters. The molecule has 0 aliphatic carbocycles. The summed E-state index contributed by atoms with van der Waals surface area (Å²) in [6, 6.07) is 1.28. The minimum Gasteiger partial charge on any atom is -0.395 e. The number of aliphatic hydroxyl groups excluding tert-OH is 1. The molecule has 0 amide bonds. The van der Waals surface area contributed by atoms with Crippen LogP contribution in [0.2, 0.25) is 0 Å². The maximum atomic E-state index is 8.77. The zero-order valence-corrected chi connectivity index (χ0v) is 8.79. The highest BCUT2D eigenvalue weighted by atomic mass is 16.3. The van der Waals surface area contributed by atoms with Crippen LogP contribution >= 0.6 is 0 Å². The van der Waals surface area contributed by atoms with Crippen LogP contribution in [0.4, 0.5) is 0 Å². The molecule has 3 heteroatoms. The number of β-amino-alcohol motifs (C(OH)–C–C–N with tert-alkyl or cyclic N) is 1. The Morgan fingerprint density at radius 2 is 2.00 bits per heavy atom. The van der Waals surface area contributed by atoms with Crippen molar-refractivity contribution >= 4 is 0 Å². The molecule has 13 heavy (non-hydrogen) atoms. The maximum absolute atomic E-state index is 8.77. The molecule has 1 saturated heterocycles. The van der Waals surface area contributed by atoms with Crippen LogP contribution in [0.3, 0.4) is 0 Å². The second kappa shape index (κ2) is 5.58. The van der Waals surface area contributed by atoms with Crippen LogP contribution in [0.15, 0.2) is 0 Å². The molecule has 0 radical (unpaired) electrons.